The number of hydrogen-bond acceptors (Lipinski definition) is 5. The van der Waals surface area contributed by atoms with Crippen LogP contribution in [-0.4, -0.2) is 65.9 Å². The Morgan fingerprint density at radius 1 is 1.13 bits per heavy atom. The summed E-state index contributed by atoms with van der Waals surface area (Å²) in [6.45, 7) is 4.61. The SMILES string of the molecule is CC[C@@H]1CN(C(=O)c2ccnc(Cl)c2)CC[C@H]1CC(=O)N1CCC(C(=O)OC)CC1. The zero-order valence-corrected chi connectivity index (χ0v) is 18.4. The van der Waals surface area contributed by atoms with Crippen molar-refractivity contribution in [3.8, 4) is 0 Å². The van der Waals surface area contributed by atoms with Crippen molar-refractivity contribution in [3.63, 3.8) is 0 Å². The molecule has 0 saturated carbocycles. The number of ether oxygens (including phenoxy) is 1. The molecule has 0 unspecified atom stereocenters. The molecule has 2 fully saturated rings. The average Bonchev–Trinajstić information content (AvgIpc) is 2.78. The molecule has 164 valence electrons. The van der Waals surface area contributed by atoms with E-state index in [9.17, 15) is 14.4 Å². The Kier molecular flexibility index (Phi) is 7.69. The van der Waals surface area contributed by atoms with Gasteiger partial charge in [-0.3, -0.25) is 14.4 Å². The van der Waals surface area contributed by atoms with Crippen molar-refractivity contribution in [2.45, 2.75) is 39.0 Å². The summed E-state index contributed by atoms with van der Waals surface area (Å²) in [6.07, 6.45) is 5.11. The van der Waals surface area contributed by atoms with E-state index in [2.05, 4.69) is 11.9 Å². The lowest BCUT2D eigenvalue weighted by molar-refractivity contribution is -0.149. The molecular formula is C22H30ClN3O4. The van der Waals surface area contributed by atoms with Gasteiger partial charge in [0.15, 0.2) is 0 Å². The zero-order chi connectivity index (χ0) is 21.7. The average molecular weight is 436 g/mol. The quantitative estimate of drug-likeness (QED) is 0.524. The molecule has 8 heteroatoms. The zero-order valence-electron chi connectivity index (χ0n) is 17.7. The molecule has 0 N–H and O–H groups in total. The first-order chi connectivity index (χ1) is 14.4. The Balaban J connectivity index is 1.54. The van der Waals surface area contributed by atoms with E-state index in [4.69, 9.17) is 16.3 Å². The molecule has 2 atom stereocenters. The molecule has 30 heavy (non-hydrogen) atoms. The molecular weight excluding hydrogens is 406 g/mol. The lowest BCUT2D eigenvalue weighted by Crippen LogP contribution is -2.46. The molecule has 2 saturated heterocycles. The predicted molar refractivity (Wildman–Crippen MR) is 113 cm³/mol. The second kappa shape index (κ2) is 10.2. The van der Waals surface area contributed by atoms with Gasteiger partial charge in [-0.1, -0.05) is 24.9 Å². The molecule has 0 aromatic carbocycles. The summed E-state index contributed by atoms with van der Waals surface area (Å²) < 4.78 is 4.82. The number of methoxy groups -OCH3 is 1. The number of hydrogen-bond donors (Lipinski definition) is 0. The van der Waals surface area contributed by atoms with Gasteiger partial charge in [0, 0.05) is 44.4 Å². The number of amides is 2. The number of pyridine rings is 1. The van der Waals surface area contributed by atoms with Crippen molar-refractivity contribution >= 4 is 29.4 Å². The summed E-state index contributed by atoms with van der Waals surface area (Å²) in [4.78, 5) is 45.0. The Labute approximate surface area is 182 Å². The number of rotatable bonds is 5. The number of piperidine rings is 2. The van der Waals surface area contributed by atoms with Crippen molar-refractivity contribution in [2.75, 3.05) is 33.3 Å². The van der Waals surface area contributed by atoms with Crippen molar-refractivity contribution in [3.05, 3.63) is 29.0 Å². The van der Waals surface area contributed by atoms with Crippen LogP contribution in [0.2, 0.25) is 5.15 Å². The Hall–Kier alpha value is -2.15. The van der Waals surface area contributed by atoms with Crippen LogP contribution in [0.4, 0.5) is 0 Å². The summed E-state index contributed by atoms with van der Waals surface area (Å²) in [6, 6.07) is 3.28. The second-order valence-corrected chi connectivity index (χ2v) is 8.61. The molecule has 3 heterocycles. The molecule has 1 aromatic heterocycles. The van der Waals surface area contributed by atoms with Crippen LogP contribution in [0.25, 0.3) is 0 Å². The number of nitrogens with zero attached hydrogens (tertiary/aromatic N) is 3. The van der Waals surface area contributed by atoms with Gasteiger partial charge in [-0.25, -0.2) is 4.98 Å². The van der Waals surface area contributed by atoms with Gasteiger partial charge in [0.25, 0.3) is 5.91 Å². The van der Waals surface area contributed by atoms with E-state index in [-0.39, 0.29) is 35.5 Å². The topological polar surface area (TPSA) is 79.8 Å². The highest BCUT2D eigenvalue weighted by atomic mass is 35.5. The van der Waals surface area contributed by atoms with E-state index in [1.165, 1.54) is 7.11 Å². The fraction of sp³-hybridized carbons (Fsp3) is 0.636. The van der Waals surface area contributed by atoms with Gasteiger partial charge in [0.1, 0.15) is 5.15 Å². The largest absolute Gasteiger partial charge is 0.469 e. The smallest absolute Gasteiger partial charge is 0.308 e. The molecule has 0 bridgehead atoms. The standard InChI is InChI=1S/C22H30ClN3O4/c1-3-15-14-26(21(28)18-4-8-24-19(23)12-18)11-7-17(15)13-20(27)25-9-5-16(6-10-25)22(29)30-2/h4,8,12,15-17H,3,5-7,9-11,13-14H2,1-2H3/t15-,17+/m1/s1. The normalized spacial score (nSPS) is 22.6. The van der Waals surface area contributed by atoms with E-state index < -0.39 is 0 Å². The number of halogens is 1. The van der Waals surface area contributed by atoms with Crippen LogP contribution in [0.15, 0.2) is 18.3 Å². The van der Waals surface area contributed by atoms with E-state index in [1.54, 1.807) is 18.3 Å². The highest BCUT2D eigenvalue weighted by Gasteiger charge is 2.34. The minimum Gasteiger partial charge on any atom is -0.469 e. The minimum atomic E-state index is -0.180. The molecule has 2 amide bonds. The molecule has 0 aliphatic carbocycles. The fourth-order valence-corrected chi connectivity index (χ4v) is 4.77. The second-order valence-electron chi connectivity index (χ2n) is 8.22. The maximum atomic E-state index is 12.9. The predicted octanol–water partition coefficient (Wildman–Crippen LogP) is 3.03. The minimum absolute atomic E-state index is 0.0348. The molecule has 1 aromatic rings. The van der Waals surface area contributed by atoms with Gasteiger partial charge in [-0.05, 0) is 43.2 Å². The third kappa shape index (κ3) is 5.31. The van der Waals surface area contributed by atoms with Crippen LogP contribution >= 0.6 is 11.6 Å². The van der Waals surface area contributed by atoms with E-state index in [1.807, 2.05) is 9.80 Å². The van der Waals surface area contributed by atoms with Gasteiger partial charge in [-0.15, -0.1) is 0 Å². The third-order valence-corrected chi connectivity index (χ3v) is 6.70. The first-order valence-corrected chi connectivity index (χ1v) is 11.1. The number of likely N-dealkylation sites (tertiary alicyclic amines) is 2. The summed E-state index contributed by atoms with van der Waals surface area (Å²) in [7, 11) is 1.41. The van der Waals surface area contributed by atoms with Crippen LogP contribution in [0.3, 0.4) is 0 Å². The van der Waals surface area contributed by atoms with Gasteiger partial charge < -0.3 is 14.5 Å². The summed E-state index contributed by atoms with van der Waals surface area (Å²) in [5.41, 5.74) is 0.549. The lowest BCUT2D eigenvalue weighted by atomic mass is 9.81. The summed E-state index contributed by atoms with van der Waals surface area (Å²) in [5.74, 6) is 0.399. The Morgan fingerprint density at radius 2 is 1.83 bits per heavy atom. The molecule has 0 spiro atoms. The van der Waals surface area contributed by atoms with Crippen molar-refractivity contribution in [2.24, 2.45) is 17.8 Å². The van der Waals surface area contributed by atoms with Gasteiger partial charge in [0.05, 0.1) is 13.0 Å². The molecule has 2 aliphatic rings. The van der Waals surface area contributed by atoms with Crippen molar-refractivity contribution < 1.29 is 19.1 Å². The van der Waals surface area contributed by atoms with Crippen LogP contribution in [-0.2, 0) is 14.3 Å². The number of carbonyl (C=O) groups excluding carboxylic acids is 3. The van der Waals surface area contributed by atoms with Gasteiger partial charge >= 0.3 is 5.97 Å². The van der Waals surface area contributed by atoms with Gasteiger partial charge in [-0.2, -0.15) is 0 Å². The first-order valence-electron chi connectivity index (χ1n) is 10.7. The highest BCUT2D eigenvalue weighted by molar-refractivity contribution is 6.29. The Bertz CT molecular complexity index is 779. The van der Waals surface area contributed by atoms with E-state index in [0.29, 0.717) is 56.2 Å². The highest BCUT2D eigenvalue weighted by Crippen LogP contribution is 2.31. The van der Waals surface area contributed by atoms with E-state index >= 15 is 0 Å². The number of carbonyl (C=O) groups is 3. The van der Waals surface area contributed by atoms with Crippen LogP contribution < -0.4 is 0 Å². The fourth-order valence-electron chi connectivity index (χ4n) is 4.60. The maximum absolute atomic E-state index is 12.9. The molecule has 7 nitrogen and oxygen atoms in total. The maximum Gasteiger partial charge on any atom is 0.308 e. The number of aromatic nitrogens is 1. The van der Waals surface area contributed by atoms with Gasteiger partial charge in [0.2, 0.25) is 5.91 Å². The van der Waals surface area contributed by atoms with Crippen molar-refractivity contribution in [1.82, 2.24) is 14.8 Å². The van der Waals surface area contributed by atoms with Crippen LogP contribution in [0.5, 0.6) is 0 Å². The molecule has 3 rings (SSSR count). The summed E-state index contributed by atoms with van der Waals surface area (Å²) >= 11 is 5.92. The van der Waals surface area contributed by atoms with E-state index in [0.717, 1.165) is 12.8 Å². The van der Waals surface area contributed by atoms with Crippen LogP contribution in [0.1, 0.15) is 49.4 Å². The number of esters is 1. The summed E-state index contributed by atoms with van der Waals surface area (Å²) in [5, 5.41) is 0.310. The lowest BCUT2D eigenvalue weighted by Gasteiger charge is -2.39. The Morgan fingerprint density at radius 3 is 2.47 bits per heavy atom. The molecule has 0 radical (unpaired) electrons. The molecule has 2 aliphatic heterocycles. The third-order valence-electron chi connectivity index (χ3n) is 6.50. The monoisotopic (exact) mass is 435 g/mol. The first kappa shape index (κ1) is 22.5. The van der Waals surface area contributed by atoms with Crippen molar-refractivity contribution in [1.29, 1.82) is 0 Å². The van der Waals surface area contributed by atoms with Crippen LogP contribution in [0, 0.1) is 17.8 Å².